The molecule has 0 aromatic carbocycles. The summed E-state index contributed by atoms with van der Waals surface area (Å²) in [5.41, 5.74) is 0. The van der Waals surface area contributed by atoms with Gasteiger partial charge in [-0.15, -0.1) is 0 Å². The molecule has 0 rings (SSSR count). The average Bonchev–Trinajstić information content (AvgIpc) is 1.12. The van der Waals surface area contributed by atoms with Crippen LogP contribution in [0.2, 0.25) is 0 Å². The number of hydrogen-bond donors (Lipinski definition) is 1. The van der Waals surface area contributed by atoms with E-state index < -0.39 is 20.8 Å². The number of quaternary nitrogens is 1. The van der Waals surface area contributed by atoms with Gasteiger partial charge in [0.15, 0.2) is 0 Å². The van der Waals surface area contributed by atoms with Gasteiger partial charge in [0, 0.05) is 20.8 Å². The summed E-state index contributed by atoms with van der Waals surface area (Å²) in [5, 5.41) is 0. The summed E-state index contributed by atoms with van der Waals surface area (Å²) < 4.78 is 68.2. The van der Waals surface area contributed by atoms with E-state index in [0.29, 0.717) is 0 Å². The first-order chi connectivity index (χ1) is 4.00. The minimum Gasteiger partial charge on any atom is -0.759 e. The van der Waals surface area contributed by atoms with Crippen LogP contribution < -0.4 is 6.15 Å². The third-order valence-electron chi connectivity index (χ3n) is 0. The first-order valence-electron chi connectivity index (χ1n) is 1.33. The van der Waals surface area contributed by atoms with Crippen molar-refractivity contribution < 1.29 is 40.5 Å². The Kier molecular flexibility index (Phi) is 23.1. The summed E-state index contributed by atoms with van der Waals surface area (Å²) >= 11 is 0. The fourth-order valence-electron chi connectivity index (χ4n) is 0. The first-order valence-corrected chi connectivity index (χ1v) is 4.00. The van der Waals surface area contributed by atoms with Gasteiger partial charge in [-0.2, -0.15) is 0 Å². The average molecular weight is 255 g/mol. The molecular weight excluding hydrogens is 249 g/mol. The Labute approximate surface area is 85.1 Å². The van der Waals surface area contributed by atoms with Crippen molar-refractivity contribution in [1.82, 2.24) is 6.15 Å². The topological polar surface area (TPSA) is 229 Å². The molecule has 0 amide bonds. The van der Waals surface area contributed by atoms with Crippen molar-refractivity contribution in [2.24, 2.45) is 0 Å². The molecule has 0 unspecified atom stereocenters. The second-order valence-corrected chi connectivity index (χ2v) is 2.45. The van der Waals surface area contributed by atoms with Crippen molar-refractivity contribution in [2.75, 3.05) is 0 Å². The summed E-state index contributed by atoms with van der Waals surface area (Å²) in [6.45, 7) is 0. The zero-order chi connectivity index (χ0) is 9.00. The third kappa shape index (κ3) is 34200. The normalized spacial score (nSPS) is 8.92. The van der Waals surface area contributed by atoms with Crippen molar-refractivity contribution in [2.45, 2.75) is 0 Å². The molecule has 0 fully saturated rings. The molecule has 0 saturated carbocycles. The maximum absolute atomic E-state index is 8.52. The molecule has 0 spiro atoms. The van der Waals surface area contributed by atoms with Crippen molar-refractivity contribution in [3.05, 3.63) is 0 Å². The van der Waals surface area contributed by atoms with Crippen LogP contribution in [0.15, 0.2) is 0 Å². The largest absolute Gasteiger partial charge is 3.00 e. The van der Waals surface area contributed by atoms with Crippen LogP contribution in [0.25, 0.3) is 0 Å². The second kappa shape index (κ2) is 10.3. The molecule has 0 saturated heterocycles. The van der Waals surface area contributed by atoms with Gasteiger partial charge in [-0.25, -0.2) is 0 Å². The van der Waals surface area contributed by atoms with Crippen LogP contribution >= 0.6 is 0 Å². The Hall–Kier alpha value is 0.192. The predicted molar refractivity (Wildman–Crippen MR) is 36.3 cm³/mol. The monoisotopic (exact) mass is 255 g/mol. The van der Waals surface area contributed by atoms with Gasteiger partial charge in [0.25, 0.3) is 0 Å². The Morgan fingerprint density at radius 1 is 0.692 bits per heavy atom. The minimum absolute atomic E-state index is 0. The van der Waals surface area contributed by atoms with Gasteiger partial charge >= 0.3 is 17.4 Å². The van der Waals surface area contributed by atoms with Gasteiger partial charge in [-0.3, -0.25) is 16.8 Å². The first kappa shape index (κ1) is 29.2. The van der Waals surface area contributed by atoms with E-state index in [1.165, 1.54) is 0 Å². The Morgan fingerprint density at radius 3 is 0.692 bits per heavy atom. The number of rotatable bonds is 0. The van der Waals surface area contributed by atoms with E-state index in [0.717, 1.165) is 0 Å². The maximum Gasteiger partial charge on any atom is 3.00 e. The fraction of sp³-hybridized carbons (Fsp3) is 0. The van der Waals surface area contributed by atoms with Crippen LogP contribution in [-0.2, 0) is 20.8 Å². The molecule has 13 heteroatoms. The molecule has 0 aromatic rings. The van der Waals surface area contributed by atoms with E-state index in [1.807, 2.05) is 0 Å². The van der Waals surface area contributed by atoms with Crippen LogP contribution in [0.4, 0.5) is 0 Å². The van der Waals surface area contributed by atoms with E-state index in [9.17, 15) is 0 Å². The molecule has 0 aromatic heterocycles. The van der Waals surface area contributed by atoms with Crippen LogP contribution in [-0.4, -0.2) is 57.9 Å². The second-order valence-electron chi connectivity index (χ2n) is 0.816. The Bertz CT molecular complexity index is 214. The third-order valence-corrected chi connectivity index (χ3v) is 0. The summed E-state index contributed by atoms with van der Waals surface area (Å²) in [6, 6.07) is 0. The molecule has 0 atom stereocenters. The Morgan fingerprint density at radius 2 is 0.692 bits per heavy atom. The molecule has 0 aliphatic heterocycles. The molecule has 0 radical (unpaired) electrons. The van der Waals surface area contributed by atoms with Crippen molar-refractivity contribution in [3.8, 4) is 0 Å². The molecule has 80 valence electrons. The smallest absolute Gasteiger partial charge is 0.759 e. The molecule has 13 heavy (non-hydrogen) atoms. The van der Waals surface area contributed by atoms with Crippen molar-refractivity contribution in [3.63, 3.8) is 0 Å². The van der Waals surface area contributed by atoms with Crippen LogP contribution in [0.1, 0.15) is 0 Å². The summed E-state index contributed by atoms with van der Waals surface area (Å²) in [6.07, 6.45) is 0. The van der Waals surface area contributed by atoms with E-state index in [2.05, 4.69) is 0 Å². The fourth-order valence-corrected chi connectivity index (χ4v) is 0. The van der Waals surface area contributed by atoms with Gasteiger partial charge in [-0.1, -0.05) is 0 Å². The molecular formula is H6AlNO9S2. The molecule has 0 bridgehead atoms. The molecule has 6 N–H and O–H groups in total. The van der Waals surface area contributed by atoms with Gasteiger partial charge in [0.05, 0.1) is 0 Å². The molecule has 0 aliphatic rings. The summed E-state index contributed by atoms with van der Waals surface area (Å²) in [4.78, 5) is 0. The maximum atomic E-state index is 8.52. The van der Waals surface area contributed by atoms with Gasteiger partial charge in [0.2, 0.25) is 0 Å². The van der Waals surface area contributed by atoms with Gasteiger partial charge in [-0.05, 0) is 0 Å². The van der Waals surface area contributed by atoms with Crippen molar-refractivity contribution >= 4 is 38.2 Å². The Balaban J connectivity index is -0.0000000267. The predicted octanol–water partition coefficient (Wildman–Crippen LogP) is -3.51. The van der Waals surface area contributed by atoms with Gasteiger partial charge in [0.1, 0.15) is 0 Å². The number of hydrogen-bond acceptors (Lipinski definition) is 8. The van der Waals surface area contributed by atoms with Gasteiger partial charge < -0.3 is 29.8 Å². The van der Waals surface area contributed by atoms with E-state index >= 15 is 0 Å². The van der Waals surface area contributed by atoms with Crippen LogP contribution in [0, 0.1) is 0 Å². The standard InChI is InChI=1S/Al.H3N.2H2O4S.H2O/c;;2*1-5(2,3)4;/h;1H3;2*(H2,1,2,3,4);1H2/q+3;;;;/p-3. The minimum atomic E-state index is -5.17. The van der Waals surface area contributed by atoms with Crippen LogP contribution in [0.5, 0.6) is 0 Å². The zero-order valence-corrected chi connectivity index (χ0v) is 8.95. The SMILES string of the molecule is O.O=S(=O)([O-])[O-].O=S(=O)([O-])[O-].[Al+3].[NH4+]. The van der Waals surface area contributed by atoms with Crippen LogP contribution in [0.3, 0.4) is 0 Å². The molecule has 10 nitrogen and oxygen atoms in total. The van der Waals surface area contributed by atoms with E-state index in [1.54, 1.807) is 0 Å². The van der Waals surface area contributed by atoms with E-state index in [-0.39, 0.29) is 29.0 Å². The quantitative estimate of drug-likeness (QED) is 0.258. The molecule has 0 aliphatic carbocycles. The van der Waals surface area contributed by atoms with Crippen molar-refractivity contribution in [1.29, 1.82) is 0 Å². The summed E-state index contributed by atoms with van der Waals surface area (Å²) in [7, 11) is -10.3. The summed E-state index contributed by atoms with van der Waals surface area (Å²) in [5.74, 6) is 0. The van der Waals surface area contributed by atoms with E-state index in [4.69, 9.17) is 35.0 Å². The molecule has 0 heterocycles. The zero-order valence-electron chi connectivity index (χ0n) is 6.16.